The first-order chi connectivity index (χ1) is 12.4. The van der Waals surface area contributed by atoms with Gasteiger partial charge in [-0.3, -0.25) is 19.0 Å². The van der Waals surface area contributed by atoms with Gasteiger partial charge in [0.1, 0.15) is 6.54 Å². The molecule has 9 heteroatoms. The zero-order chi connectivity index (χ0) is 18.7. The molecule has 3 rings (SSSR count). The van der Waals surface area contributed by atoms with E-state index in [1.165, 1.54) is 4.68 Å². The molecule has 0 saturated carbocycles. The minimum atomic E-state index is -0.323. The molecule has 1 aromatic carbocycles. The normalized spacial score (nSPS) is 10.6. The zero-order valence-corrected chi connectivity index (χ0v) is 15.0. The Labute approximate surface area is 154 Å². The Kier molecular flexibility index (Phi) is 5.04. The third-order valence-electron chi connectivity index (χ3n) is 3.54. The summed E-state index contributed by atoms with van der Waals surface area (Å²) < 4.78 is 3.02. The van der Waals surface area contributed by atoms with Gasteiger partial charge in [0.15, 0.2) is 5.69 Å². The van der Waals surface area contributed by atoms with Gasteiger partial charge >= 0.3 is 0 Å². The lowest BCUT2D eigenvalue weighted by Crippen LogP contribution is -2.19. The molecule has 2 heterocycles. The minimum absolute atomic E-state index is 0.0398. The van der Waals surface area contributed by atoms with Crippen molar-refractivity contribution >= 4 is 34.8 Å². The van der Waals surface area contributed by atoms with Crippen LogP contribution in [0.25, 0.3) is 0 Å². The Bertz CT molecular complexity index is 942. The van der Waals surface area contributed by atoms with Gasteiger partial charge in [0.2, 0.25) is 5.91 Å². The van der Waals surface area contributed by atoms with Crippen LogP contribution in [-0.2, 0) is 18.4 Å². The van der Waals surface area contributed by atoms with Crippen molar-refractivity contribution in [2.45, 2.75) is 13.5 Å². The SMILES string of the molecule is Cc1nn(CC(=O)Nc2cccc(NC(=O)c3ccn(C)n3)c2)cc1Cl. The summed E-state index contributed by atoms with van der Waals surface area (Å²) in [5.74, 6) is -0.576. The molecule has 0 aliphatic heterocycles. The van der Waals surface area contributed by atoms with E-state index in [0.29, 0.717) is 27.8 Å². The number of amides is 2. The third-order valence-corrected chi connectivity index (χ3v) is 3.91. The summed E-state index contributed by atoms with van der Waals surface area (Å²) in [6.45, 7) is 1.81. The van der Waals surface area contributed by atoms with Crippen molar-refractivity contribution < 1.29 is 9.59 Å². The molecule has 2 amide bonds. The van der Waals surface area contributed by atoms with Crippen LogP contribution in [0.5, 0.6) is 0 Å². The number of aromatic nitrogens is 4. The summed E-state index contributed by atoms with van der Waals surface area (Å²) in [5.41, 5.74) is 2.09. The summed E-state index contributed by atoms with van der Waals surface area (Å²) >= 11 is 5.93. The standard InChI is InChI=1S/C17H17ClN6O2/c1-11-14(18)9-24(21-11)10-16(25)19-12-4-3-5-13(8-12)20-17(26)15-6-7-23(2)22-15/h3-9H,10H2,1-2H3,(H,19,25)(H,20,26). The Morgan fingerprint density at radius 1 is 1.15 bits per heavy atom. The average Bonchev–Trinajstić information content (AvgIpc) is 3.13. The van der Waals surface area contributed by atoms with Crippen LogP contribution < -0.4 is 10.6 Å². The van der Waals surface area contributed by atoms with E-state index < -0.39 is 0 Å². The minimum Gasteiger partial charge on any atom is -0.324 e. The fourth-order valence-electron chi connectivity index (χ4n) is 2.33. The van der Waals surface area contributed by atoms with Gasteiger partial charge in [-0.2, -0.15) is 10.2 Å². The number of benzene rings is 1. The van der Waals surface area contributed by atoms with E-state index in [4.69, 9.17) is 11.6 Å². The molecule has 0 unspecified atom stereocenters. The van der Waals surface area contributed by atoms with E-state index in [0.717, 1.165) is 0 Å². The lowest BCUT2D eigenvalue weighted by atomic mass is 10.2. The highest BCUT2D eigenvalue weighted by atomic mass is 35.5. The first kappa shape index (κ1) is 17.7. The highest BCUT2D eigenvalue weighted by Gasteiger charge is 2.11. The van der Waals surface area contributed by atoms with Gasteiger partial charge in [0.05, 0.1) is 10.7 Å². The smallest absolute Gasteiger partial charge is 0.276 e. The molecule has 0 aliphatic rings. The highest BCUT2D eigenvalue weighted by molar-refractivity contribution is 6.31. The molecule has 0 fully saturated rings. The van der Waals surface area contributed by atoms with Gasteiger partial charge in [-0.05, 0) is 31.2 Å². The number of carbonyl (C=O) groups is 2. The number of hydrogen-bond donors (Lipinski definition) is 2. The number of halogens is 1. The van der Waals surface area contributed by atoms with Gasteiger partial charge in [-0.25, -0.2) is 0 Å². The van der Waals surface area contributed by atoms with Gasteiger partial charge in [-0.15, -0.1) is 0 Å². The van der Waals surface area contributed by atoms with Crippen LogP contribution in [0.4, 0.5) is 11.4 Å². The lowest BCUT2D eigenvalue weighted by molar-refractivity contribution is -0.116. The molecule has 8 nitrogen and oxygen atoms in total. The first-order valence-corrected chi connectivity index (χ1v) is 8.19. The second-order valence-electron chi connectivity index (χ2n) is 5.72. The monoisotopic (exact) mass is 372 g/mol. The van der Waals surface area contributed by atoms with Crippen molar-refractivity contribution in [3.8, 4) is 0 Å². The summed E-state index contributed by atoms with van der Waals surface area (Å²) in [5, 5.41) is 14.2. The molecule has 0 atom stereocenters. The van der Waals surface area contributed by atoms with Crippen molar-refractivity contribution in [2.24, 2.45) is 7.05 Å². The van der Waals surface area contributed by atoms with Crippen LogP contribution in [0.3, 0.4) is 0 Å². The second-order valence-corrected chi connectivity index (χ2v) is 6.12. The van der Waals surface area contributed by atoms with Crippen LogP contribution in [0, 0.1) is 6.92 Å². The Balaban J connectivity index is 1.63. The number of nitrogens with zero attached hydrogens (tertiary/aromatic N) is 4. The predicted octanol–water partition coefficient (Wildman–Crippen LogP) is 2.47. The molecule has 0 radical (unpaired) electrons. The molecule has 0 aliphatic carbocycles. The van der Waals surface area contributed by atoms with Crippen LogP contribution in [0.15, 0.2) is 42.7 Å². The molecule has 3 aromatic rings. The quantitative estimate of drug-likeness (QED) is 0.719. The Morgan fingerprint density at radius 2 is 1.88 bits per heavy atom. The fraction of sp³-hybridized carbons (Fsp3) is 0.176. The number of rotatable bonds is 5. The molecule has 134 valence electrons. The lowest BCUT2D eigenvalue weighted by Gasteiger charge is -2.08. The maximum Gasteiger partial charge on any atom is 0.276 e. The van der Waals surface area contributed by atoms with E-state index in [2.05, 4.69) is 20.8 Å². The van der Waals surface area contributed by atoms with Crippen LogP contribution in [0.1, 0.15) is 16.2 Å². The van der Waals surface area contributed by atoms with Crippen LogP contribution in [0.2, 0.25) is 5.02 Å². The number of anilines is 2. The maximum absolute atomic E-state index is 12.1. The van der Waals surface area contributed by atoms with Gasteiger partial charge in [0.25, 0.3) is 5.91 Å². The van der Waals surface area contributed by atoms with E-state index in [9.17, 15) is 9.59 Å². The number of nitrogens with one attached hydrogen (secondary N) is 2. The topological polar surface area (TPSA) is 93.8 Å². The number of hydrogen-bond acceptors (Lipinski definition) is 4. The van der Waals surface area contributed by atoms with Crippen molar-refractivity contribution in [3.05, 3.63) is 59.1 Å². The molecule has 2 N–H and O–H groups in total. The van der Waals surface area contributed by atoms with E-state index in [-0.39, 0.29) is 18.4 Å². The first-order valence-electron chi connectivity index (χ1n) is 7.81. The van der Waals surface area contributed by atoms with Crippen molar-refractivity contribution in [3.63, 3.8) is 0 Å². The summed E-state index contributed by atoms with van der Waals surface area (Å²) in [6, 6.07) is 8.49. The van der Waals surface area contributed by atoms with Gasteiger partial charge in [0, 0.05) is 30.8 Å². The molecule has 0 spiro atoms. The van der Waals surface area contributed by atoms with E-state index in [1.54, 1.807) is 61.4 Å². The van der Waals surface area contributed by atoms with Gasteiger partial charge < -0.3 is 10.6 Å². The molecular formula is C17H17ClN6O2. The molecule has 0 saturated heterocycles. The molecule has 0 bridgehead atoms. The summed E-state index contributed by atoms with van der Waals surface area (Å²) in [6.07, 6.45) is 3.29. The van der Waals surface area contributed by atoms with Crippen molar-refractivity contribution in [1.29, 1.82) is 0 Å². The van der Waals surface area contributed by atoms with Crippen LogP contribution >= 0.6 is 11.6 Å². The second kappa shape index (κ2) is 7.40. The highest BCUT2D eigenvalue weighted by Crippen LogP contribution is 2.16. The van der Waals surface area contributed by atoms with Gasteiger partial charge in [-0.1, -0.05) is 17.7 Å². The Hall–Kier alpha value is -3.13. The van der Waals surface area contributed by atoms with Crippen molar-refractivity contribution in [2.75, 3.05) is 10.6 Å². The Morgan fingerprint density at radius 3 is 2.50 bits per heavy atom. The summed E-state index contributed by atoms with van der Waals surface area (Å²) in [4.78, 5) is 24.3. The fourth-order valence-corrected chi connectivity index (χ4v) is 2.48. The zero-order valence-electron chi connectivity index (χ0n) is 14.2. The molecule has 2 aromatic heterocycles. The van der Waals surface area contributed by atoms with E-state index in [1.807, 2.05) is 0 Å². The molecular weight excluding hydrogens is 356 g/mol. The summed E-state index contributed by atoms with van der Waals surface area (Å²) in [7, 11) is 1.74. The van der Waals surface area contributed by atoms with Crippen LogP contribution in [-0.4, -0.2) is 31.4 Å². The third kappa shape index (κ3) is 4.28. The number of carbonyl (C=O) groups excluding carboxylic acids is 2. The average molecular weight is 373 g/mol. The largest absolute Gasteiger partial charge is 0.324 e. The molecule has 26 heavy (non-hydrogen) atoms. The van der Waals surface area contributed by atoms with Crippen molar-refractivity contribution in [1.82, 2.24) is 19.6 Å². The van der Waals surface area contributed by atoms with E-state index >= 15 is 0 Å². The maximum atomic E-state index is 12.1. The number of aryl methyl sites for hydroxylation is 2. The predicted molar refractivity (Wildman–Crippen MR) is 98.2 cm³/mol.